The largest absolute Gasteiger partial charge is 0.372 e. The van der Waals surface area contributed by atoms with Crippen LogP contribution in [-0.2, 0) is 5.88 Å². The van der Waals surface area contributed by atoms with Crippen LogP contribution in [0.3, 0.4) is 0 Å². The standard InChI is InChI=1S/C14H18ClN3S/c1-3-18(4-2)13-7-5-11(6-8-13)16-14-17-12(9-15)10-19-14/h5-8,10H,3-4,9H2,1-2H3,(H,16,17). The fourth-order valence-corrected chi connectivity index (χ4v) is 2.85. The molecule has 1 aromatic carbocycles. The van der Waals surface area contributed by atoms with E-state index in [1.165, 1.54) is 5.69 Å². The zero-order valence-corrected chi connectivity index (χ0v) is 12.8. The van der Waals surface area contributed by atoms with Crippen LogP contribution in [0.5, 0.6) is 0 Å². The summed E-state index contributed by atoms with van der Waals surface area (Å²) in [5.74, 6) is 0.457. The van der Waals surface area contributed by atoms with E-state index in [0.29, 0.717) is 5.88 Å². The fourth-order valence-electron chi connectivity index (χ4n) is 1.89. The number of hydrogen-bond acceptors (Lipinski definition) is 4. The van der Waals surface area contributed by atoms with E-state index >= 15 is 0 Å². The van der Waals surface area contributed by atoms with Gasteiger partial charge < -0.3 is 10.2 Å². The van der Waals surface area contributed by atoms with Crippen LogP contribution in [0.15, 0.2) is 29.6 Å². The normalized spacial score (nSPS) is 10.5. The Bertz CT molecular complexity index is 506. The molecule has 0 amide bonds. The summed E-state index contributed by atoms with van der Waals surface area (Å²) < 4.78 is 0. The van der Waals surface area contributed by atoms with Crippen LogP contribution in [0.4, 0.5) is 16.5 Å². The summed E-state index contributed by atoms with van der Waals surface area (Å²) >= 11 is 7.31. The molecule has 1 N–H and O–H groups in total. The Morgan fingerprint density at radius 1 is 1.21 bits per heavy atom. The molecule has 0 aliphatic rings. The van der Waals surface area contributed by atoms with Crippen molar-refractivity contribution in [2.24, 2.45) is 0 Å². The van der Waals surface area contributed by atoms with Gasteiger partial charge in [-0.05, 0) is 38.1 Å². The molecule has 2 aromatic rings. The molecule has 102 valence electrons. The first-order valence-electron chi connectivity index (χ1n) is 6.39. The third-order valence-corrected chi connectivity index (χ3v) is 4.02. The van der Waals surface area contributed by atoms with Gasteiger partial charge in [0.2, 0.25) is 0 Å². The molecule has 0 bridgehead atoms. The van der Waals surface area contributed by atoms with Crippen molar-refractivity contribution in [3.63, 3.8) is 0 Å². The fraction of sp³-hybridized carbons (Fsp3) is 0.357. The van der Waals surface area contributed by atoms with E-state index in [1.807, 2.05) is 5.38 Å². The average molecular weight is 296 g/mol. The molecule has 1 aromatic heterocycles. The number of nitrogens with zero attached hydrogens (tertiary/aromatic N) is 2. The van der Waals surface area contributed by atoms with Gasteiger partial charge in [-0.25, -0.2) is 4.98 Å². The Hall–Kier alpha value is -1.26. The smallest absolute Gasteiger partial charge is 0.187 e. The van der Waals surface area contributed by atoms with Crippen LogP contribution in [0.1, 0.15) is 19.5 Å². The van der Waals surface area contributed by atoms with Gasteiger partial charge in [0, 0.05) is 29.8 Å². The predicted octanol–water partition coefficient (Wildman–Crippen LogP) is 4.47. The van der Waals surface area contributed by atoms with Crippen LogP contribution < -0.4 is 10.2 Å². The topological polar surface area (TPSA) is 28.2 Å². The molecule has 0 saturated heterocycles. The molecule has 0 atom stereocenters. The third kappa shape index (κ3) is 3.61. The van der Waals surface area contributed by atoms with Crippen molar-refractivity contribution in [2.45, 2.75) is 19.7 Å². The average Bonchev–Trinajstić information content (AvgIpc) is 2.90. The molecule has 19 heavy (non-hydrogen) atoms. The van der Waals surface area contributed by atoms with Gasteiger partial charge in [0.15, 0.2) is 5.13 Å². The van der Waals surface area contributed by atoms with Crippen molar-refractivity contribution in [1.29, 1.82) is 0 Å². The highest BCUT2D eigenvalue weighted by molar-refractivity contribution is 7.13. The van der Waals surface area contributed by atoms with Gasteiger partial charge in [-0.3, -0.25) is 0 Å². The van der Waals surface area contributed by atoms with E-state index in [9.17, 15) is 0 Å². The van der Waals surface area contributed by atoms with Crippen molar-refractivity contribution >= 4 is 39.4 Å². The van der Waals surface area contributed by atoms with Gasteiger partial charge in [-0.2, -0.15) is 0 Å². The van der Waals surface area contributed by atoms with Crippen LogP contribution >= 0.6 is 22.9 Å². The minimum Gasteiger partial charge on any atom is -0.372 e. The summed E-state index contributed by atoms with van der Waals surface area (Å²) in [5, 5.41) is 6.14. The number of aromatic nitrogens is 1. The molecule has 2 rings (SSSR count). The van der Waals surface area contributed by atoms with E-state index < -0.39 is 0 Å². The number of hydrogen-bond donors (Lipinski definition) is 1. The Balaban J connectivity index is 2.06. The highest BCUT2D eigenvalue weighted by Crippen LogP contribution is 2.23. The lowest BCUT2D eigenvalue weighted by Crippen LogP contribution is -2.21. The van der Waals surface area contributed by atoms with Crippen LogP contribution in [0, 0.1) is 0 Å². The first kappa shape index (κ1) is 14.2. The second kappa shape index (κ2) is 6.78. The number of rotatable bonds is 6. The SMILES string of the molecule is CCN(CC)c1ccc(Nc2nc(CCl)cs2)cc1. The molecular weight excluding hydrogens is 278 g/mol. The Morgan fingerprint density at radius 2 is 1.89 bits per heavy atom. The van der Waals surface area contributed by atoms with Gasteiger partial charge in [0.1, 0.15) is 0 Å². The molecule has 0 fully saturated rings. The number of halogens is 1. The Labute approximate surface area is 123 Å². The number of benzene rings is 1. The molecule has 0 saturated carbocycles. The highest BCUT2D eigenvalue weighted by atomic mass is 35.5. The number of anilines is 3. The van der Waals surface area contributed by atoms with E-state index in [0.717, 1.165) is 29.6 Å². The molecule has 0 aliphatic carbocycles. The van der Waals surface area contributed by atoms with Crippen LogP contribution in [0.25, 0.3) is 0 Å². The molecule has 0 aliphatic heterocycles. The maximum absolute atomic E-state index is 5.74. The third-order valence-electron chi connectivity index (χ3n) is 2.94. The second-order valence-corrected chi connectivity index (χ2v) is 5.25. The minimum absolute atomic E-state index is 0.457. The Morgan fingerprint density at radius 3 is 2.42 bits per heavy atom. The Kier molecular flexibility index (Phi) is 5.05. The molecule has 0 radical (unpaired) electrons. The van der Waals surface area contributed by atoms with Crippen molar-refractivity contribution < 1.29 is 0 Å². The minimum atomic E-state index is 0.457. The quantitative estimate of drug-likeness (QED) is 0.797. The maximum atomic E-state index is 5.74. The monoisotopic (exact) mass is 295 g/mol. The van der Waals surface area contributed by atoms with Gasteiger partial charge in [0.25, 0.3) is 0 Å². The highest BCUT2D eigenvalue weighted by Gasteiger charge is 2.03. The van der Waals surface area contributed by atoms with Gasteiger partial charge in [-0.15, -0.1) is 22.9 Å². The summed E-state index contributed by atoms with van der Waals surface area (Å²) in [5.41, 5.74) is 3.21. The molecule has 0 unspecified atom stereocenters. The first-order chi connectivity index (χ1) is 9.26. The molecule has 3 nitrogen and oxygen atoms in total. The number of nitrogens with one attached hydrogen (secondary N) is 1. The lowest BCUT2D eigenvalue weighted by atomic mass is 10.2. The van der Waals surface area contributed by atoms with Gasteiger partial charge >= 0.3 is 0 Å². The van der Waals surface area contributed by atoms with Gasteiger partial charge in [-0.1, -0.05) is 0 Å². The summed E-state index contributed by atoms with van der Waals surface area (Å²) in [6.07, 6.45) is 0. The summed E-state index contributed by atoms with van der Waals surface area (Å²) in [7, 11) is 0. The van der Waals surface area contributed by atoms with E-state index in [1.54, 1.807) is 11.3 Å². The van der Waals surface area contributed by atoms with Crippen molar-refractivity contribution in [3.05, 3.63) is 35.3 Å². The van der Waals surface area contributed by atoms with Gasteiger partial charge in [0.05, 0.1) is 11.6 Å². The number of alkyl halides is 1. The lowest BCUT2D eigenvalue weighted by Gasteiger charge is -2.21. The van der Waals surface area contributed by atoms with Crippen LogP contribution in [0.2, 0.25) is 0 Å². The van der Waals surface area contributed by atoms with Crippen molar-refractivity contribution in [2.75, 3.05) is 23.3 Å². The molecule has 5 heteroatoms. The van der Waals surface area contributed by atoms with Crippen molar-refractivity contribution in [1.82, 2.24) is 4.98 Å². The van der Waals surface area contributed by atoms with Crippen molar-refractivity contribution in [3.8, 4) is 0 Å². The van der Waals surface area contributed by atoms with E-state index in [-0.39, 0.29) is 0 Å². The second-order valence-electron chi connectivity index (χ2n) is 4.12. The first-order valence-corrected chi connectivity index (χ1v) is 7.80. The molecule has 1 heterocycles. The lowest BCUT2D eigenvalue weighted by molar-refractivity contribution is 0.866. The zero-order valence-electron chi connectivity index (χ0n) is 11.2. The predicted molar refractivity (Wildman–Crippen MR) is 85.0 cm³/mol. The van der Waals surface area contributed by atoms with Crippen LogP contribution in [-0.4, -0.2) is 18.1 Å². The maximum Gasteiger partial charge on any atom is 0.187 e. The zero-order chi connectivity index (χ0) is 13.7. The summed E-state index contributed by atoms with van der Waals surface area (Å²) in [4.78, 5) is 6.70. The van der Waals surface area contributed by atoms with E-state index in [2.05, 4.69) is 53.3 Å². The summed E-state index contributed by atoms with van der Waals surface area (Å²) in [6, 6.07) is 8.42. The molecular formula is C14H18ClN3S. The molecule has 0 spiro atoms. The van der Waals surface area contributed by atoms with E-state index in [4.69, 9.17) is 11.6 Å². The summed E-state index contributed by atoms with van der Waals surface area (Å²) in [6.45, 7) is 6.38. The number of thiazole rings is 1.